The minimum atomic E-state index is -0.579. The van der Waals surface area contributed by atoms with Gasteiger partial charge in [0.25, 0.3) is 11.8 Å². The van der Waals surface area contributed by atoms with Crippen molar-refractivity contribution in [2.24, 2.45) is 0 Å². The summed E-state index contributed by atoms with van der Waals surface area (Å²) in [6, 6.07) is 11.2. The summed E-state index contributed by atoms with van der Waals surface area (Å²) in [6.45, 7) is 4.10. The molecule has 0 atom stereocenters. The minimum Gasteiger partial charge on any atom is -0.493 e. The molecule has 1 fully saturated rings. The van der Waals surface area contributed by atoms with Crippen molar-refractivity contribution < 1.29 is 19.1 Å². The van der Waals surface area contributed by atoms with Crippen LogP contribution < -0.4 is 14.8 Å². The average Bonchev–Trinajstić information content (AvgIpc) is 2.74. The van der Waals surface area contributed by atoms with Crippen LogP contribution in [0.2, 0.25) is 5.02 Å². The minimum absolute atomic E-state index is 0.0435. The number of carbonyl (C=O) groups excluding carboxylic acids is 2. The number of methoxy groups -OCH3 is 1. The molecule has 6 nitrogen and oxygen atoms in total. The first-order valence-electron chi connectivity index (χ1n) is 9.08. The van der Waals surface area contributed by atoms with Crippen LogP contribution in [0.25, 0.3) is 6.08 Å². The standard InChI is InChI=1S/C22H18ClIN2O4S/c1-3-8-26-21(28)16(20(27)25-22(26)31)9-14-10-17(23)19(18(11-14)29-2)30-12-13-4-6-15(24)7-5-13/h3-7,9-11H,1,8,12H2,2H3,(H,25,27,31)/b16-9+. The maximum atomic E-state index is 12.7. The molecule has 160 valence electrons. The number of thiocarbonyl (C=S) groups is 1. The average molecular weight is 569 g/mol. The second-order valence-corrected chi connectivity index (χ2v) is 8.51. The lowest BCUT2D eigenvalue weighted by Gasteiger charge is -2.27. The highest BCUT2D eigenvalue weighted by atomic mass is 127. The van der Waals surface area contributed by atoms with Crippen LogP contribution in [0.3, 0.4) is 0 Å². The topological polar surface area (TPSA) is 67.9 Å². The Hall–Kier alpha value is -2.43. The third-order valence-corrected chi connectivity index (χ3v) is 5.68. The van der Waals surface area contributed by atoms with E-state index in [1.165, 1.54) is 24.2 Å². The Morgan fingerprint density at radius 2 is 1.97 bits per heavy atom. The van der Waals surface area contributed by atoms with Crippen LogP contribution in [0.4, 0.5) is 0 Å². The molecule has 0 saturated carbocycles. The SMILES string of the molecule is C=CCN1C(=O)/C(=C/c2cc(Cl)c(OCc3ccc(I)cc3)c(OC)c2)C(=O)NC1=S. The van der Waals surface area contributed by atoms with Gasteiger partial charge in [-0.25, -0.2) is 0 Å². The molecule has 0 bridgehead atoms. The molecule has 9 heteroatoms. The van der Waals surface area contributed by atoms with Crippen molar-refractivity contribution >= 4 is 69.4 Å². The molecular weight excluding hydrogens is 551 g/mol. The molecule has 2 aromatic rings. The van der Waals surface area contributed by atoms with E-state index >= 15 is 0 Å². The van der Waals surface area contributed by atoms with Gasteiger partial charge in [0.1, 0.15) is 12.2 Å². The normalized spacial score (nSPS) is 15.1. The van der Waals surface area contributed by atoms with Crippen LogP contribution in [0, 0.1) is 3.57 Å². The monoisotopic (exact) mass is 568 g/mol. The van der Waals surface area contributed by atoms with Crippen molar-refractivity contribution in [3.8, 4) is 11.5 Å². The van der Waals surface area contributed by atoms with E-state index in [1.54, 1.807) is 12.1 Å². The molecule has 1 N–H and O–H groups in total. The second-order valence-electron chi connectivity index (χ2n) is 6.47. The fraction of sp³-hybridized carbons (Fsp3) is 0.136. The number of hydrogen-bond donors (Lipinski definition) is 1. The first-order valence-corrected chi connectivity index (χ1v) is 10.9. The van der Waals surface area contributed by atoms with E-state index in [4.69, 9.17) is 33.3 Å². The van der Waals surface area contributed by atoms with Crippen molar-refractivity contribution in [3.63, 3.8) is 0 Å². The van der Waals surface area contributed by atoms with Gasteiger partial charge < -0.3 is 9.47 Å². The van der Waals surface area contributed by atoms with Crippen LogP contribution in [0.1, 0.15) is 11.1 Å². The highest BCUT2D eigenvalue weighted by molar-refractivity contribution is 14.1. The van der Waals surface area contributed by atoms with Gasteiger partial charge in [-0.1, -0.05) is 29.8 Å². The third-order valence-electron chi connectivity index (χ3n) is 4.36. The predicted molar refractivity (Wildman–Crippen MR) is 132 cm³/mol. The van der Waals surface area contributed by atoms with Gasteiger partial charge in [-0.05, 0) is 76.3 Å². The molecule has 31 heavy (non-hydrogen) atoms. The fourth-order valence-corrected chi connectivity index (χ4v) is 3.74. The molecule has 1 heterocycles. The Kier molecular flexibility index (Phi) is 7.69. The van der Waals surface area contributed by atoms with Gasteiger partial charge in [-0.15, -0.1) is 6.58 Å². The van der Waals surface area contributed by atoms with Gasteiger partial charge in [-0.3, -0.25) is 19.8 Å². The lowest BCUT2D eigenvalue weighted by molar-refractivity contribution is -0.128. The van der Waals surface area contributed by atoms with Crippen molar-refractivity contribution in [1.29, 1.82) is 0 Å². The fourth-order valence-electron chi connectivity index (χ4n) is 2.85. The summed E-state index contributed by atoms with van der Waals surface area (Å²) in [6.07, 6.45) is 2.96. The van der Waals surface area contributed by atoms with Gasteiger partial charge in [0.05, 0.1) is 12.1 Å². The molecule has 0 aromatic heterocycles. The van der Waals surface area contributed by atoms with Crippen LogP contribution in [-0.4, -0.2) is 35.5 Å². The first kappa shape index (κ1) is 23.2. The summed E-state index contributed by atoms with van der Waals surface area (Å²) in [4.78, 5) is 26.3. The second kappa shape index (κ2) is 10.3. The molecule has 0 aliphatic carbocycles. The zero-order chi connectivity index (χ0) is 22.5. The van der Waals surface area contributed by atoms with E-state index in [-0.39, 0.29) is 17.2 Å². The maximum Gasteiger partial charge on any atom is 0.265 e. The van der Waals surface area contributed by atoms with Crippen molar-refractivity contribution in [3.05, 3.63) is 74.3 Å². The Morgan fingerprint density at radius 1 is 1.26 bits per heavy atom. The Bertz CT molecular complexity index is 1090. The lowest BCUT2D eigenvalue weighted by Crippen LogP contribution is -2.53. The number of benzene rings is 2. The predicted octanol–water partition coefficient (Wildman–Crippen LogP) is 4.34. The number of rotatable bonds is 7. The zero-order valence-corrected chi connectivity index (χ0v) is 20.2. The molecule has 1 aliphatic heterocycles. The summed E-state index contributed by atoms with van der Waals surface area (Å²) in [5, 5.41) is 2.84. The molecule has 2 amide bonds. The summed E-state index contributed by atoms with van der Waals surface area (Å²) in [7, 11) is 1.49. The van der Waals surface area contributed by atoms with E-state index in [2.05, 4.69) is 34.5 Å². The Morgan fingerprint density at radius 3 is 2.61 bits per heavy atom. The molecule has 2 aromatic carbocycles. The smallest absolute Gasteiger partial charge is 0.265 e. The van der Waals surface area contributed by atoms with E-state index < -0.39 is 11.8 Å². The van der Waals surface area contributed by atoms with Crippen molar-refractivity contribution in [2.45, 2.75) is 6.61 Å². The number of hydrogen-bond acceptors (Lipinski definition) is 5. The van der Waals surface area contributed by atoms with Crippen LogP contribution >= 0.6 is 46.4 Å². The number of amides is 2. The van der Waals surface area contributed by atoms with Gasteiger partial charge in [0, 0.05) is 10.1 Å². The van der Waals surface area contributed by atoms with Gasteiger partial charge in [0.15, 0.2) is 16.6 Å². The maximum absolute atomic E-state index is 12.7. The summed E-state index contributed by atoms with van der Waals surface area (Å²) in [5.74, 6) is -0.335. The number of halogens is 2. The number of carbonyl (C=O) groups is 2. The Balaban J connectivity index is 1.88. The quantitative estimate of drug-likeness (QED) is 0.177. The van der Waals surface area contributed by atoms with Crippen LogP contribution in [-0.2, 0) is 16.2 Å². The van der Waals surface area contributed by atoms with E-state index in [0.29, 0.717) is 28.7 Å². The molecule has 0 unspecified atom stereocenters. The molecule has 0 radical (unpaired) electrons. The number of nitrogens with one attached hydrogen (secondary N) is 1. The molecule has 0 spiro atoms. The van der Waals surface area contributed by atoms with Crippen LogP contribution in [0.15, 0.2) is 54.6 Å². The number of nitrogens with zero attached hydrogens (tertiary/aromatic N) is 1. The first-order chi connectivity index (χ1) is 14.8. The van der Waals surface area contributed by atoms with Crippen LogP contribution in [0.5, 0.6) is 11.5 Å². The summed E-state index contributed by atoms with van der Waals surface area (Å²) >= 11 is 13.7. The zero-order valence-electron chi connectivity index (χ0n) is 16.5. The molecular formula is C22H18ClIN2O4S. The summed E-state index contributed by atoms with van der Waals surface area (Å²) in [5.41, 5.74) is 1.42. The highest BCUT2D eigenvalue weighted by Crippen LogP contribution is 2.37. The Labute approximate surface area is 204 Å². The van der Waals surface area contributed by atoms with Crippen molar-refractivity contribution in [1.82, 2.24) is 10.2 Å². The molecule has 1 saturated heterocycles. The molecule has 1 aliphatic rings. The van der Waals surface area contributed by atoms with Gasteiger partial charge >= 0.3 is 0 Å². The van der Waals surface area contributed by atoms with Gasteiger partial charge in [0.2, 0.25) is 0 Å². The lowest BCUT2D eigenvalue weighted by atomic mass is 10.1. The van der Waals surface area contributed by atoms with E-state index in [9.17, 15) is 9.59 Å². The van der Waals surface area contributed by atoms with E-state index in [1.807, 2.05) is 24.3 Å². The largest absolute Gasteiger partial charge is 0.493 e. The highest BCUT2D eigenvalue weighted by Gasteiger charge is 2.32. The third kappa shape index (κ3) is 5.44. The van der Waals surface area contributed by atoms with Crippen molar-refractivity contribution in [2.75, 3.05) is 13.7 Å². The van der Waals surface area contributed by atoms with Gasteiger partial charge in [-0.2, -0.15) is 0 Å². The van der Waals surface area contributed by atoms with E-state index in [0.717, 1.165) is 9.13 Å². The molecule has 3 rings (SSSR count). The summed E-state index contributed by atoms with van der Waals surface area (Å²) < 4.78 is 12.4. The number of ether oxygens (including phenoxy) is 2.